The van der Waals surface area contributed by atoms with Crippen LogP contribution in [0.4, 0.5) is 0 Å². The third-order valence-corrected chi connectivity index (χ3v) is 10.8. The van der Waals surface area contributed by atoms with Gasteiger partial charge in [-0.25, -0.2) is 0 Å². The first-order chi connectivity index (χ1) is 14.7. The second kappa shape index (κ2) is 11.7. The van der Waals surface area contributed by atoms with Crippen LogP contribution in [0.2, 0.25) is 0 Å². The minimum atomic E-state index is 1.02. The summed E-state index contributed by atoms with van der Waals surface area (Å²) in [6, 6.07) is 0. The van der Waals surface area contributed by atoms with Gasteiger partial charge in [-0.3, -0.25) is 0 Å². The van der Waals surface area contributed by atoms with Gasteiger partial charge in [0.1, 0.15) is 0 Å². The Kier molecular flexibility index (Phi) is 9.07. The van der Waals surface area contributed by atoms with Crippen molar-refractivity contribution in [1.29, 1.82) is 0 Å². The summed E-state index contributed by atoms with van der Waals surface area (Å²) in [7, 11) is 0. The number of hydrogen-bond acceptors (Lipinski definition) is 0. The zero-order chi connectivity index (χ0) is 20.8. The van der Waals surface area contributed by atoms with Crippen molar-refractivity contribution in [3.8, 4) is 0 Å². The van der Waals surface area contributed by atoms with Crippen molar-refractivity contribution >= 4 is 0 Å². The Morgan fingerprint density at radius 2 is 0.767 bits per heavy atom. The van der Waals surface area contributed by atoms with E-state index in [0.717, 1.165) is 47.3 Å². The van der Waals surface area contributed by atoms with Gasteiger partial charge in [-0.05, 0) is 124 Å². The van der Waals surface area contributed by atoms with Gasteiger partial charge in [-0.1, -0.05) is 65.2 Å². The first kappa shape index (κ1) is 23.2. The average Bonchev–Trinajstić information content (AvgIpc) is 2.81. The lowest BCUT2D eigenvalue weighted by atomic mass is 9.63. The molecule has 0 saturated heterocycles. The number of unbranched alkanes of at least 4 members (excludes halogenated alkanes) is 2. The lowest BCUT2D eigenvalue weighted by molar-refractivity contribution is 0.0861. The van der Waals surface area contributed by atoms with Crippen LogP contribution >= 0.6 is 0 Å². The van der Waals surface area contributed by atoms with E-state index in [2.05, 4.69) is 13.8 Å². The van der Waals surface area contributed by atoms with Crippen LogP contribution in [-0.4, -0.2) is 0 Å². The third kappa shape index (κ3) is 6.28. The molecule has 174 valence electrons. The summed E-state index contributed by atoms with van der Waals surface area (Å²) in [5.74, 6) is 8.76. The molecule has 4 aliphatic rings. The molecule has 0 atom stereocenters. The third-order valence-electron chi connectivity index (χ3n) is 10.8. The molecule has 0 bridgehead atoms. The van der Waals surface area contributed by atoms with Gasteiger partial charge < -0.3 is 0 Å². The molecule has 0 heterocycles. The second-order valence-electron chi connectivity index (χ2n) is 12.6. The molecule has 0 aromatic heterocycles. The van der Waals surface area contributed by atoms with E-state index in [1.807, 2.05) is 0 Å². The molecule has 30 heavy (non-hydrogen) atoms. The van der Waals surface area contributed by atoms with Crippen molar-refractivity contribution in [2.24, 2.45) is 47.3 Å². The van der Waals surface area contributed by atoms with E-state index in [0.29, 0.717) is 0 Å². The zero-order valence-corrected chi connectivity index (χ0v) is 20.8. The fourth-order valence-electron chi connectivity index (χ4n) is 8.56. The normalized spacial score (nSPS) is 43.4. The topological polar surface area (TPSA) is 0 Å². The van der Waals surface area contributed by atoms with E-state index in [-0.39, 0.29) is 0 Å². The van der Waals surface area contributed by atoms with Crippen LogP contribution in [0.15, 0.2) is 0 Å². The van der Waals surface area contributed by atoms with Crippen LogP contribution in [0, 0.1) is 47.3 Å². The monoisotopic (exact) mass is 414 g/mol. The molecule has 0 aromatic rings. The molecule has 4 aliphatic carbocycles. The van der Waals surface area contributed by atoms with Crippen molar-refractivity contribution in [1.82, 2.24) is 0 Å². The minimum Gasteiger partial charge on any atom is -0.0654 e. The molecule has 0 N–H and O–H groups in total. The Bertz CT molecular complexity index is 448. The van der Waals surface area contributed by atoms with Crippen molar-refractivity contribution in [3.05, 3.63) is 0 Å². The van der Waals surface area contributed by atoms with Crippen LogP contribution in [0.1, 0.15) is 142 Å². The van der Waals surface area contributed by atoms with Crippen LogP contribution in [0.25, 0.3) is 0 Å². The maximum Gasteiger partial charge on any atom is -0.0386 e. The Labute approximate surface area is 189 Å². The van der Waals surface area contributed by atoms with Crippen molar-refractivity contribution in [2.75, 3.05) is 0 Å². The molecule has 0 heteroatoms. The Balaban J connectivity index is 1.12. The van der Waals surface area contributed by atoms with Crippen molar-refractivity contribution < 1.29 is 0 Å². The molecule has 4 rings (SSSR count). The number of rotatable bonds is 7. The first-order valence-corrected chi connectivity index (χ1v) is 14.7. The van der Waals surface area contributed by atoms with E-state index in [1.54, 1.807) is 89.9 Å². The molecule has 0 radical (unpaired) electrons. The van der Waals surface area contributed by atoms with Crippen LogP contribution in [0.3, 0.4) is 0 Å². The molecule has 0 amide bonds. The minimum absolute atomic E-state index is 1.02. The molecule has 4 saturated carbocycles. The largest absolute Gasteiger partial charge is 0.0654 e. The Hall–Kier alpha value is 0. The fourth-order valence-corrected chi connectivity index (χ4v) is 8.56. The Morgan fingerprint density at radius 3 is 1.13 bits per heavy atom. The van der Waals surface area contributed by atoms with Gasteiger partial charge in [0.15, 0.2) is 0 Å². The van der Waals surface area contributed by atoms with Crippen LogP contribution in [-0.2, 0) is 0 Å². The van der Waals surface area contributed by atoms with E-state index < -0.39 is 0 Å². The van der Waals surface area contributed by atoms with E-state index >= 15 is 0 Å². The molecular formula is C30H54. The Morgan fingerprint density at radius 1 is 0.433 bits per heavy atom. The summed E-state index contributed by atoms with van der Waals surface area (Å²) < 4.78 is 0. The lowest BCUT2D eigenvalue weighted by Gasteiger charge is -2.43. The SMILES string of the molecule is CCCCCC1CCC(C2CCC(C3CCC(C4CCC(C)CC4)CC3)CC2)CC1. The van der Waals surface area contributed by atoms with Gasteiger partial charge in [0.25, 0.3) is 0 Å². The summed E-state index contributed by atoms with van der Waals surface area (Å²) in [6.07, 6.45) is 31.1. The van der Waals surface area contributed by atoms with Crippen LogP contribution < -0.4 is 0 Å². The molecule has 0 nitrogen and oxygen atoms in total. The van der Waals surface area contributed by atoms with Gasteiger partial charge in [0.05, 0.1) is 0 Å². The van der Waals surface area contributed by atoms with E-state index in [4.69, 9.17) is 0 Å². The van der Waals surface area contributed by atoms with Crippen molar-refractivity contribution in [3.63, 3.8) is 0 Å². The quantitative estimate of drug-likeness (QED) is 0.363. The zero-order valence-electron chi connectivity index (χ0n) is 20.8. The highest BCUT2D eigenvalue weighted by Crippen LogP contribution is 2.48. The fraction of sp³-hybridized carbons (Fsp3) is 1.00. The summed E-state index contributed by atoms with van der Waals surface area (Å²) in [5, 5.41) is 0. The maximum atomic E-state index is 2.47. The summed E-state index contributed by atoms with van der Waals surface area (Å²) in [6.45, 7) is 4.82. The van der Waals surface area contributed by atoms with Crippen molar-refractivity contribution in [2.45, 2.75) is 142 Å². The first-order valence-electron chi connectivity index (χ1n) is 14.7. The van der Waals surface area contributed by atoms with Gasteiger partial charge in [0, 0.05) is 0 Å². The van der Waals surface area contributed by atoms with Gasteiger partial charge in [-0.2, -0.15) is 0 Å². The predicted octanol–water partition coefficient (Wildman–Crippen LogP) is 9.81. The molecule has 0 spiro atoms. The molecule has 0 unspecified atom stereocenters. The lowest BCUT2D eigenvalue weighted by Crippen LogP contribution is -2.31. The smallest absolute Gasteiger partial charge is 0.0386 e. The molecular weight excluding hydrogens is 360 g/mol. The average molecular weight is 415 g/mol. The second-order valence-corrected chi connectivity index (χ2v) is 12.6. The van der Waals surface area contributed by atoms with Gasteiger partial charge in [-0.15, -0.1) is 0 Å². The van der Waals surface area contributed by atoms with Gasteiger partial charge >= 0.3 is 0 Å². The highest BCUT2D eigenvalue weighted by Gasteiger charge is 2.36. The predicted molar refractivity (Wildman–Crippen MR) is 132 cm³/mol. The standard InChI is InChI=1S/C30H54/c1-3-4-5-6-24-9-13-26(14-10-24)28-17-21-30(22-18-28)29-19-15-27(16-20-29)25-11-7-23(2)8-12-25/h23-30H,3-22H2,1-2H3. The highest BCUT2D eigenvalue weighted by molar-refractivity contribution is 4.87. The van der Waals surface area contributed by atoms with Gasteiger partial charge in [0.2, 0.25) is 0 Å². The maximum absolute atomic E-state index is 2.47. The van der Waals surface area contributed by atoms with E-state index in [9.17, 15) is 0 Å². The summed E-state index contributed by atoms with van der Waals surface area (Å²) >= 11 is 0. The highest BCUT2D eigenvalue weighted by atomic mass is 14.4. The number of hydrogen-bond donors (Lipinski definition) is 0. The molecule has 0 aliphatic heterocycles. The summed E-state index contributed by atoms with van der Waals surface area (Å²) in [4.78, 5) is 0. The molecule has 0 aromatic carbocycles. The van der Waals surface area contributed by atoms with E-state index in [1.165, 1.54) is 38.5 Å². The molecule has 4 fully saturated rings. The summed E-state index contributed by atoms with van der Waals surface area (Å²) in [5.41, 5.74) is 0. The van der Waals surface area contributed by atoms with Crippen LogP contribution in [0.5, 0.6) is 0 Å².